The van der Waals surface area contributed by atoms with Gasteiger partial charge in [-0.2, -0.15) is 0 Å². The largest absolute Gasteiger partial charge is 0.393 e. The lowest BCUT2D eigenvalue weighted by Gasteiger charge is -2.44. The van der Waals surface area contributed by atoms with E-state index in [4.69, 9.17) is 0 Å². The first kappa shape index (κ1) is 13.6. The van der Waals surface area contributed by atoms with Crippen LogP contribution in [0.5, 0.6) is 0 Å². The summed E-state index contributed by atoms with van der Waals surface area (Å²) in [6.45, 7) is 0.782. The number of nitrogens with zero attached hydrogens (tertiary/aromatic N) is 1. The van der Waals surface area contributed by atoms with Gasteiger partial charge in [0.25, 0.3) is 0 Å². The summed E-state index contributed by atoms with van der Waals surface area (Å²) >= 11 is 0. The van der Waals surface area contributed by atoms with E-state index in [1.54, 1.807) is 0 Å². The first-order valence-corrected chi connectivity index (χ1v) is 7.61. The Morgan fingerprint density at radius 3 is 2.45 bits per heavy atom. The number of carbonyl (C=O) groups excluding carboxylic acids is 1. The molecule has 0 radical (unpaired) electrons. The van der Waals surface area contributed by atoms with Crippen LogP contribution in [-0.2, 0) is 10.2 Å². The fourth-order valence-corrected chi connectivity index (χ4v) is 3.60. The molecule has 20 heavy (non-hydrogen) atoms. The molecule has 3 rings (SSSR count). The molecule has 108 valence electrons. The Morgan fingerprint density at radius 1 is 1.30 bits per heavy atom. The van der Waals surface area contributed by atoms with Crippen molar-refractivity contribution in [1.82, 2.24) is 4.90 Å². The number of hydrogen-bond donors (Lipinski definition) is 1. The summed E-state index contributed by atoms with van der Waals surface area (Å²) in [4.78, 5) is 14.8. The molecule has 2 aliphatic carbocycles. The molecule has 2 fully saturated rings. The Balaban J connectivity index is 1.71. The molecule has 0 saturated heterocycles. The van der Waals surface area contributed by atoms with E-state index in [0.29, 0.717) is 5.92 Å². The van der Waals surface area contributed by atoms with E-state index in [1.807, 2.05) is 30.1 Å². The van der Waals surface area contributed by atoms with Crippen LogP contribution in [-0.4, -0.2) is 35.6 Å². The molecule has 0 spiro atoms. The third kappa shape index (κ3) is 2.24. The van der Waals surface area contributed by atoms with Gasteiger partial charge in [0.2, 0.25) is 5.91 Å². The summed E-state index contributed by atoms with van der Waals surface area (Å²) in [6.07, 6.45) is 4.61. The van der Waals surface area contributed by atoms with E-state index in [1.165, 1.54) is 0 Å². The maximum absolute atomic E-state index is 12.9. The smallest absolute Gasteiger partial charge is 0.232 e. The van der Waals surface area contributed by atoms with Crippen LogP contribution >= 0.6 is 0 Å². The molecule has 0 atom stereocenters. The number of aliphatic hydroxyl groups excluding tert-OH is 1. The summed E-state index contributed by atoms with van der Waals surface area (Å²) < 4.78 is 0. The molecule has 1 amide bonds. The van der Waals surface area contributed by atoms with Gasteiger partial charge < -0.3 is 10.0 Å². The van der Waals surface area contributed by atoms with Crippen molar-refractivity contribution in [2.45, 2.75) is 43.6 Å². The predicted molar refractivity (Wildman–Crippen MR) is 78.3 cm³/mol. The topological polar surface area (TPSA) is 40.5 Å². The lowest BCUT2D eigenvalue weighted by Crippen LogP contribution is -2.51. The predicted octanol–water partition coefficient (Wildman–Crippen LogP) is 2.34. The van der Waals surface area contributed by atoms with Crippen molar-refractivity contribution in [3.05, 3.63) is 35.9 Å². The minimum atomic E-state index is -0.279. The number of carbonyl (C=O) groups is 1. The highest BCUT2D eigenvalue weighted by Gasteiger charge is 2.47. The van der Waals surface area contributed by atoms with E-state index in [9.17, 15) is 9.90 Å². The van der Waals surface area contributed by atoms with Gasteiger partial charge >= 0.3 is 0 Å². The minimum Gasteiger partial charge on any atom is -0.393 e. The minimum absolute atomic E-state index is 0.143. The Morgan fingerprint density at radius 2 is 1.95 bits per heavy atom. The summed E-state index contributed by atoms with van der Waals surface area (Å²) in [6, 6.07) is 10.2. The second-order valence-corrected chi connectivity index (χ2v) is 6.48. The zero-order valence-electron chi connectivity index (χ0n) is 12.1. The van der Waals surface area contributed by atoms with Crippen LogP contribution in [0.25, 0.3) is 0 Å². The number of hydrogen-bond acceptors (Lipinski definition) is 2. The Hall–Kier alpha value is -1.35. The zero-order valence-corrected chi connectivity index (χ0v) is 12.1. The van der Waals surface area contributed by atoms with Gasteiger partial charge in [-0.05, 0) is 37.2 Å². The number of aliphatic hydroxyl groups is 1. The summed E-state index contributed by atoms with van der Waals surface area (Å²) in [5.41, 5.74) is 0.884. The molecule has 0 unspecified atom stereocenters. The second-order valence-electron chi connectivity index (χ2n) is 6.48. The van der Waals surface area contributed by atoms with Gasteiger partial charge in [0.15, 0.2) is 0 Å². The molecule has 2 saturated carbocycles. The lowest BCUT2D eigenvalue weighted by molar-refractivity contribution is -0.141. The molecular formula is C17H23NO2. The molecule has 1 aromatic rings. The Labute approximate surface area is 120 Å². The van der Waals surface area contributed by atoms with Gasteiger partial charge in [-0.1, -0.05) is 36.8 Å². The fourth-order valence-electron chi connectivity index (χ4n) is 3.60. The SMILES string of the molecule is CN(CC1CC(O)C1)C(=O)C1(c2ccccc2)CCC1. The third-order valence-electron chi connectivity index (χ3n) is 5.03. The molecule has 3 heteroatoms. The average molecular weight is 273 g/mol. The van der Waals surface area contributed by atoms with Crippen LogP contribution in [0.3, 0.4) is 0 Å². The van der Waals surface area contributed by atoms with Gasteiger partial charge in [0.1, 0.15) is 0 Å². The fraction of sp³-hybridized carbons (Fsp3) is 0.588. The molecule has 0 heterocycles. The summed E-state index contributed by atoms with van der Waals surface area (Å²) in [5.74, 6) is 0.739. The maximum atomic E-state index is 12.9. The van der Waals surface area contributed by atoms with Crippen LogP contribution in [0.2, 0.25) is 0 Å². The molecule has 2 aliphatic rings. The summed E-state index contributed by atoms with van der Waals surface area (Å²) in [7, 11) is 1.91. The highest BCUT2D eigenvalue weighted by Crippen LogP contribution is 2.45. The molecule has 0 aliphatic heterocycles. The van der Waals surface area contributed by atoms with Crippen LogP contribution in [0, 0.1) is 5.92 Å². The molecular weight excluding hydrogens is 250 g/mol. The highest BCUT2D eigenvalue weighted by molar-refractivity contribution is 5.89. The van der Waals surface area contributed by atoms with E-state index in [0.717, 1.165) is 44.2 Å². The second kappa shape index (κ2) is 5.21. The van der Waals surface area contributed by atoms with Crippen molar-refractivity contribution in [3.8, 4) is 0 Å². The van der Waals surface area contributed by atoms with E-state index >= 15 is 0 Å². The number of rotatable bonds is 4. The molecule has 0 aromatic heterocycles. The van der Waals surface area contributed by atoms with Crippen LogP contribution < -0.4 is 0 Å². The molecule has 1 N–H and O–H groups in total. The number of benzene rings is 1. The van der Waals surface area contributed by atoms with Crippen molar-refractivity contribution in [2.75, 3.05) is 13.6 Å². The van der Waals surface area contributed by atoms with Gasteiger partial charge in [0, 0.05) is 13.6 Å². The summed E-state index contributed by atoms with van der Waals surface area (Å²) in [5, 5.41) is 9.36. The normalized spacial score (nSPS) is 27.3. The third-order valence-corrected chi connectivity index (χ3v) is 5.03. The van der Waals surface area contributed by atoms with Gasteiger partial charge in [-0.15, -0.1) is 0 Å². The number of likely N-dealkylation sites (N-methyl/N-ethyl adjacent to an activating group) is 1. The zero-order chi connectivity index (χ0) is 14.2. The van der Waals surface area contributed by atoms with Crippen LogP contribution in [0.1, 0.15) is 37.7 Å². The average Bonchev–Trinajstić information content (AvgIpc) is 2.36. The molecule has 0 bridgehead atoms. The van der Waals surface area contributed by atoms with Crippen molar-refractivity contribution in [2.24, 2.45) is 5.92 Å². The first-order chi connectivity index (χ1) is 9.62. The van der Waals surface area contributed by atoms with Crippen molar-refractivity contribution in [1.29, 1.82) is 0 Å². The number of amides is 1. The maximum Gasteiger partial charge on any atom is 0.232 e. The first-order valence-electron chi connectivity index (χ1n) is 7.61. The van der Waals surface area contributed by atoms with Crippen LogP contribution in [0.15, 0.2) is 30.3 Å². The Kier molecular flexibility index (Phi) is 3.55. The standard InChI is InChI=1S/C17H23NO2/c1-18(12-13-10-15(19)11-13)16(20)17(8-5-9-17)14-6-3-2-4-7-14/h2-4,6-7,13,15,19H,5,8-12H2,1H3. The lowest BCUT2D eigenvalue weighted by atomic mass is 9.63. The van der Waals surface area contributed by atoms with Gasteiger partial charge in [-0.3, -0.25) is 4.79 Å². The van der Waals surface area contributed by atoms with Gasteiger partial charge in [-0.25, -0.2) is 0 Å². The van der Waals surface area contributed by atoms with E-state index in [-0.39, 0.29) is 17.4 Å². The van der Waals surface area contributed by atoms with Crippen LogP contribution in [0.4, 0.5) is 0 Å². The molecule has 3 nitrogen and oxygen atoms in total. The van der Waals surface area contributed by atoms with Crippen molar-refractivity contribution in [3.63, 3.8) is 0 Å². The van der Waals surface area contributed by atoms with Gasteiger partial charge in [0.05, 0.1) is 11.5 Å². The van der Waals surface area contributed by atoms with E-state index < -0.39 is 0 Å². The monoisotopic (exact) mass is 273 g/mol. The van der Waals surface area contributed by atoms with Crippen molar-refractivity contribution < 1.29 is 9.90 Å². The molecule has 1 aromatic carbocycles. The van der Waals surface area contributed by atoms with E-state index in [2.05, 4.69) is 12.1 Å². The Bertz CT molecular complexity index is 475. The quantitative estimate of drug-likeness (QED) is 0.914. The highest BCUT2D eigenvalue weighted by atomic mass is 16.3. The van der Waals surface area contributed by atoms with Crippen molar-refractivity contribution >= 4 is 5.91 Å².